The van der Waals surface area contributed by atoms with Crippen LogP contribution >= 0.6 is 12.2 Å². The molecule has 3 aromatic rings. The Morgan fingerprint density at radius 2 is 1.77 bits per heavy atom. The van der Waals surface area contributed by atoms with E-state index in [4.69, 9.17) is 17.0 Å². The second kappa shape index (κ2) is 7.46. The number of likely N-dealkylation sites (tertiary alicyclic amines) is 1. The maximum Gasteiger partial charge on any atom is 0.123 e. The van der Waals surface area contributed by atoms with Crippen molar-refractivity contribution in [1.29, 1.82) is 0 Å². The van der Waals surface area contributed by atoms with Crippen molar-refractivity contribution in [2.24, 2.45) is 0 Å². The van der Waals surface area contributed by atoms with Gasteiger partial charge in [-0.05, 0) is 43.2 Å². The standard InChI is InChI=1S/C21H21FN2OS/c22-16-7-9-17(10-8-16)25-14-13-24-15-19(18-5-1-2-6-20(18)24)21(26)23-11-3-4-12-23/h1-2,5-10,15H,3-4,11-14H2. The Kier molecular flexibility index (Phi) is 4.89. The van der Waals surface area contributed by atoms with Crippen molar-refractivity contribution < 1.29 is 9.13 Å². The Labute approximate surface area is 158 Å². The van der Waals surface area contributed by atoms with E-state index in [1.165, 1.54) is 30.4 Å². The van der Waals surface area contributed by atoms with Gasteiger partial charge in [0.05, 0.1) is 6.54 Å². The third-order valence-corrected chi connectivity index (χ3v) is 5.30. The first kappa shape index (κ1) is 17.0. The van der Waals surface area contributed by atoms with E-state index >= 15 is 0 Å². The number of ether oxygens (including phenoxy) is 1. The molecule has 0 spiro atoms. The third-order valence-electron chi connectivity index (χ3n) is 4.83. The summed E-state index contributed by atoms with van der Waals surface area (Å²) in [7, 11) is 0. The van der Waals surface area contributed by atoms with Crippen LogP contribution in [0.4, 0.5) is 4.39 Å². The first-order chi connectivity index (χ1) is 12.7. The first-order valence-electron chi connectivity index (χ1n) is 8.98. The summed E-state index contributed by atoms with van der Waals surface area (Å²) in [6.45, 7) is 3.32. The normalized spacial score (nSPS) is 14.1. The minimum absolute atomic E-state index is 0.256. The number of nitrogens with zero attached hydrogens (tertiary/aromatic N) is 2. The zero-order valence-electron chi connectivity index (χ0n) is 14.5. The predicted octanol–water partition coefficient (Wildman–Crippen LogP) is 4.63. The molecule has 5 heteroatoms. The summed E-state index contributed by atoms with van der Waals surface area (Å²) < 4.78 is 20.9. The molecule has 3 nitrogen and oxygen atoms in total. The van der Waals surface area contributed by atoms with Crippen molar-refractivity contribution in [1.82, 2.24) is 9.47 Å². The first-order valence-corrected chi connectivity index (χ1v) is 9.39. The molecule has 0 N–H and O–H groups in total. The van der Waals surface area contributed by atoms with E-state index in [2.05, 4.69) is 33.9 Å². The molecule has 0 bridgehead atoms. The highest BCUT2D eigenvalue weighted by atomic mass is 32.1. The predicted molar refractivity (Wildman–Crippen MR) is 106 cm³/mol. The van der Waals surface area contributed by atoms with Gasteiger partial charge in [0.15, 0.2) is 0 Å². The van der Waals surface area contributed by atoms with E-state index in [0.717, 1.165) is 29.2 Å². The van der Waals surface area contributed by atoms with Gasteiger partial charge in [0.1, 0.15) is 23.2 Å². The quantitative estimate of drug-likeness (QED) is 0.611. The average molecular weight is 368 g/mol. The number of para-hydroxylation sites is 1. The number of fused-ring (bicyclic) bond motifs is 1. The minimum Gasteiger partial charge on any atom is -0.492 e. The molecular formula is C21H21FN2OS. The molecule has 4 rings (SSSR count). The lowest BCUT2D eigenvalue weighted by atomic mass is 10.1. The third kappa shape index (κ3) is 3.44. The molecule has 0 radical (unpaired) electrons. The van der Waals surface area contributed by atoms with Gasteiger partial charge >= 0.3 is 0 Å². The number of thiocarbonyl (C=S) groups is 1. The van der Waals surface area contributed by atoms with Gasteiger partial charge in [-0.25, -0.2) is 4.39 Å². The van der Waals surface area contributed by atoms with Crippen LogP contribution in [0.2, 0.25) is 0 Å². The van der Waals surface area contributed by atoms with Crippen LogP contribution in [-0.4, -0.2) is 34.2 Å². The minimum atomic E-state index is -0.256. The van der Waals surface area contributed by atoms with Gasteiger partial charge in [-0.2, -0.15) is 0 Å². The van der Waals surface area contributed by atoms with E-state index in [0.29, 0.717) is 18.9 Å². The molecule has 26 heavy (non-hydrogen) atoms. The van der Waals surface area contributed by atoms with Crippen LogP contribution in [0.25, 0.3) is 10.9 Å². The number of aromatic nitrogens is 1. The fraction of sp³-hybridized carbons (Fsp3) is 0.286. The maximum atomic E-state index is 13.0. The van der Waals surface area contributed by atoms with Crippen LogP contribution in [-0.2, 0) is 6.54 Å². The SMILES string of the molecule is Fc1ccc(OCCn2cc(C(=S)N3CCCC3)c3ccccc32)cc1. The Morgan fingerprint density at radius 3 is 2.54 bits per heavy atom. The van der Waals surface area contributed by atoms with E-state index in [1.807, 2.05) is 6.07 Å². The van der Waals surface area contributed by atoms with E-state index in [1.54, 1.807) is 12.1 Å². The highest BCUT2D eigenvalue weighted by Crippen LogP contribution is 2.25. The van der Waals surface area contributed by atoms with E-state index < -0.39 is 0 Å². The molecule has 1 aliphatic rings. The summed E-state index contributed by atoms with van der Waals surface area (Å²) in [5.74, 6) is 0.421. The fourth-order valence-corrected chi connectivity index (χ4v) is 3.83. The molecule has 1 saturated heterocycles. The average Bonchev–Trinajstić information content (AvgIpc) is 3.32. The molecule has 0 atom stereocenters. The highest BCUT2D eigenvalue weighted by Gasteiger charge is 2.20. The molecule has 0 saturated carbocycles. The summed E-state index contributed by atoms with van der Waals surface area (Å²) >= 11 is 5.77. The van der Waals surface area contributed by atoms with Crippen LogP contribution in [0.5, 0.6) is 5.75 Å². The van der Waals surface area contributed by atoms with Crippen molar-refractivity contribution in [3.8, 4) is 5.75 Å². The van der Waals surface area contributed by atoms with Gasteiger partial charge < -0.3 is 14.2 Å². The van der Waals surface area contributed by atoms with Gasteiger partial charge in [0.25, 0.3) is 0 Å². The summed E-state index contributed by atoms with van der Waals surface area (Å²) in [5, 5.41) is 1.19. The molecule has 2 aromatic carbocycles. The van der Waals surface area contributed by atoms with Crippen molar-refractivity contribution >= 4 is 28.1 Å². The van der Waals surface area contributed by atoms with Crippen LogP contribution < -0.4 is 4.74 Å². The molecular weight excluding hydrogens is 347 g/mol. The van der Waals surface area contributed by atoms with Gasteiger partial charge in [-0.1, -0.05) is 30.4 Å². The highest BCUT2D eigenvalue weighted by molar-refractivity contribution is 7.80. The lowest BCUT2D eigenvalue weighted by Crippen LogP contribution is -2.26. The van der Waals surface area contributed by atoms with E-state index in [-0.39, 0.29) is 5.82 Å². The van der Waals surface area contributed by atoms with Crippen LogP contribution in [0.3, 0.4) is 0 Å². The van der Waals surface area contributed by atoms with Gasteiger partial charge in [0.2, 0.25) is 0 Å². The Hall–Kier alpha value is -2.40. The number of hydrogen-bond donors (Lipinski definition) is 0. The monoisotopic (exact) mass is 368 g/mol. The van der Waals surface area contributed by atoms with Crippen molar-refractivity contribution in [3.63, 3.8) is 0 Å². The number of halogens is 1. The summed E-state index contributed by atoms with van der Waals surface area (Å²) in [6.07, 6.45) is 4.56. The Morgan fingerprint density at radius 1 is 1.04 bits per heavy atom. The van der Waals surface area contributed by atoms with Crippen LogP contribution in [0, 0.1) is 5.82 Å². The van der Waals surface area contributed by atoms with Crippen LogP contribution in [0.15, 0.2) is 54.7 Å². The Bertz CT molecular complexity index is 913. The van der Waals surface area contributed by atoms with Gasteiger partial charge in [0, 0.05) is 35.8 Å². The lowest BCUT2D eigenvalue weighted by molar-refractivity contribution is 0.300. The molecule has 2 heterocycles. The largest absolute Gasteiger partial charge is 0.492 e. The van der Waals surface area contributed by atoms with Crippen molar-refractivity contribution in [2.45, 2.75) is 19.4 Å². The van der Waals surface area contributed by atoms with Gasteiger partial charge in [-0.15, -0.1) is 0 Å². The fourth-order valence-electron chi connectivity index (χ4n) is 3.49. The topological polar surface area (TPSA) is 17.4 Å². The molecule has 0 aliphatic carbocycles. The Balaban J connectivity index is 1.53. The number of rotatable bonds is 5. The lowest BCUT2D eigenvalue weighted by Gasteiger charge is -2.17. The molecule has 1 aliphatic heterocycles. The van der Waals surface area contributed by atoms with Gasteiger partial charge in [-0.3, -0.25) is 0 Å². The summed E-state index contributed by atoms with van der Waals surface area (Å²) in [4.78, 5) is 3.24. The summed E-state index contributed by atoms with van der Waals surface area (Å²) in [6, 6.07) is 14.5. The molecule has 1 fully saturated rings. The smallest absolute Gasteiger partial charge is 0.123 e. The second-order valence-electron chi connectivity index (χ2n) is 6.56. The number of hydrogen-bond acceptors (Lipinski definition) is 2. The maximum absolute atomic E-state index is 13.0. The molecule has 1 aromatic heterocycles. The molecule has 0 amide bonds. The van der Waals surface area contributed by atoms with Crippen molar-refractivity contribution in [3.05, 3.63) is 66.1 Å². The number of benzene rings is 2. The van der Waals surface area contributed by atoms with Crippen molar-refractivity contribution in [2.75, 3.05) is 19.7 Å². The summed E-state index contributed by atoms with van der Waals surface area (Å²) in [5.41, 5.74) is 2.28. The zero-order chi connectivity index (χ0) is 17.9. The zero-order valence-corrected chi connectivity index (χ0v) is 15.3. The molecule has 0 unspecified atom stereocenters. The van der Waals surface area contributed by atoms with E-state index in [9.17, 15) is 4.39 Å². The second-order valence-corrected chi connectivity index (χ2v) is 6.94. The van der Waals surface area contributed by atoms with Crippen LogP contribution in [0.1, 0.15) is 18.4 Å². The molecule has 134 valence electrons.